The van der Waals surface area contributed by atoms with E-state index in [4.69, 9.17) is 5.73 Å². The minimum Gasteiger partial charge on any atom is -0.399 e. The van der Waals surface area contributed by atoms with E-state index in [0.29, 0.717) is 6.42 Å². The van der Waals surface area contributed by atoms with Crippen LogP contribution in [-0.4, -0.2) is 37.0 Å². The van der Waals surface area contributed by atoms with Crippen molar-refractivity contribution < 1.29 is 4.79 Å². The van der Waals surface area contributed by atoms with E-state index in [1.807, 2.05) is 29.2 Å². The van der Waals surface area contributed by atoms with Crippen LogP contribution in [0.2, 0.25) is 0 Å². The number of benzene rings is 1. The van der Waals surface area contributed by atoms with Crippen LogP contribution in [-0.2, 0) is 11.2 Å². The molecule has 0 spiro atoms. The van der Waals surface area contributed by atoms with E-state index >= 15 is 0 Å². The lowest BCUT2D eigenvalue weighted by molar-refractivity contribution is -0.131. The molecule has 0 aliphatic carbocycles. The summed E-state index contributed by atoms with van der Waals surface area (Å²) in [4.78, 5) is 13.9. The predicted molar refractivity (Wildman–Crippen MR) is 73.2 cm³/mol. The van der Waals surface area contributed by atoms with Crippen molar-refractivity contribution in [3.63, 3.8) is 0 Å². The number of nitrogens with zero attached hydrogens (tertiary/aromatic N) is 1. The monoisotopic (exact) mass is 247 g/mol. The molecular weight excluding hydrogens is 226 g/mol. The van der Waals surface area contributed by atoms with Gasteiger partial charge in [-0.1, -0.05) is 12.1 Å². The van der Waals surface area contributed by atoms with Crippen molar-refractivity contribution in [3.05, 3.63) is 29.8 Å². The van der Waals surface area contributed by atoms with Crippen LogP contribution in [0.3, 0.4) is 0 Å². The van der Waals surface area contributed by atoms with Gasteiger partial charge in [0.05, 0.1) is 0 Å². The molecule has 98 valence electrons. The molecule has 1 saturated heterocycles. The number of hydrogen-bond acceptors (Lipinski definition) is 3. The maximum absolute atomic E-state index is 11.9. The largest absolute Gasteiger partial charge is 0.399 e. The van der Waals surface area contributed by atoms with Crippen LogP contribution < -0.4 is 11.1 Å². The molecule has 4 nitrogen and oxygen atoms in total. The van der Waals surface area contributed by atoms with Crippen LogP contribution in [0.4, 0.5) is 5.69 Å². The average Bonchev–Trinajstić information content (AvgIpc) is 2.42. The molecule has 1 amide bonds. The summed E-state index contributed by atoms with van der Waals surface area (Å²) in [5.74, 6) is 0.284. The summed E-state index contributed by atoms with van der Waals surface area (Å²) in [5, 5.41) is 3.25. The van der Waals surface area contributed by atoms with Crippen molar-refractivity contribution in [1.29, 1.82) is 0 Å². The molecule has 2 rings (SSSR count). The van der Waals surface area contributed by atoms with Crippen LogP contribution in [0.25, 0.3) is 0 Å². The molecule has 1 aliphatic heterocycles. The van der Waals surface area contributed by atoms with E-state index in [0.717, 1.165) is 44.7 Å². The van der Waals surface area contributed by atoms with E-state index in [1.54, 1.807) is 0 Å². The third-order valence-corrected chi connectivity index (χ3v) is 3.31. The second kappa shape index (κ2) is 6.40. The summed E-state index contributed by atoms with van der Waals surface area (Å²) < 4.78 is 0. The molecule has 1 heterocycles. The van der Waals surface area contributed by atoms with Gasteiger partial charge in [-0.15, -0.1) is 0 Å². The summed E-state index contributed by atoms with van der Waals surface area (Å²) >= 11 is 0. The number of hydrogen-bond donors (Lipinski definition) is 2. The summed E-state index contributed by atoms with van der Waals surface area (Å²) in [6, 6.07) is 7.89. The Balaban J connectivity index is 1.71. The molecule has 0 bridgehead atoms. The molecule has 0 radical (unpaired) electrons. The van der Waals surface area contributed by atoms with Crippen LogP contribution in [0.5, 0.6) is 0 Å². The number of carbonyl (C=O) groups is 1. The maximum Gasteiger partial charge on any atom is 0.222 e. The number of amides is 1. The van der Waals surface area contributed by atoms with Gasteiger partial charge in [-0.3, -0.25) is 4.79 Å². The van der Waals surface area contributed by atoms with Gasteiger partial charge in [-0.05, 0) is 30.5 Å². The Bertz CT molecular complexity index is 383. The number of carbonyl (C=O) groups excluding carboxylic acids is 1. The first-order valence-electron chi connectivity index (χ1n) is 6.58. The van der Waals surface area contributed by atoms with E-state index in [9.17, 15) is 4.79 Å². The van der Waals surface area contributed by atoms with E-state index in [2.05, 4.69) is 5.32 Å². The molecule has 0 saturated carbocycles. The Hall–Kier alpha value is -1.55. The zero-order valence-corrected chi connectivity index (χ0v) is 10.7. The van der Waals surface area contributed by atoms with Gasteiger partial charge in [0, 0.05) is 38.3 Å². The molecule has 0 atom stereocenters. The minimum absolute atomic E-state index is 0.284. The summed E-state index contributed by atoms with van der Waals surface area (Å²) in [5.41, 5.74) is 7.67. The minimum atomic E-state index is 0.284. The van der Waals surface area contributed by atoms with Crippen molar-refractivity contribution in [1.82, 2.24) is 10.2 Å². The normalized spacial score (nSPS) is 15.7. The van der Waals surface area contributed by atoms with Crippen molar-refractivity contribution in [2.75, 3.05) is 31.9 Å². The molecule has 1 aromatic carbocycles. The molecule has 4 heteroatoms. The number of anilines is 1. The van der Waals surface area contributed by atoms with Crippen molar-refractivity contribution in [3.8, 4) is 0 Å². The highest BCUT2D eigenvalue weighted by molar-refractivity contribution is 5.76. The molecule has 18 heavy (non-hydrogen) atoms. The first kappa shape index (κ1) is 12.9. The number of nitrogens with one attached hydrogen (secondary N) is 1. The van der Waals surface area contributed by atoms with Gasteiger partial charge in [0.2, 0.25) is 5.91 Å². The third kappa shape index (κ3) is 3.74. The second-order valence-corrected chi connectivity index (χ2v) is 4.73. The lowest BCUT2D eigenvalue weighted by atomic mass is 10.1. The standard InChI is InChI=1S/C14H21N3O/c15-13-6-4-12(5-7-13)2-1-3-14(18)17-10-8-16-9-11-17/h4-7,16H,1-3,8-11,15H2. The zero-order valence-electron chi connectivity index (χ0n) is 10.7. The second-order valence-electron chi connectivity index (χ2n) is 4.73. The highest BCUT2D eigenvalue weighted by atomic mass is 16.2. The highest BCUT2D eigenvalue weighted by Crippen LogP contribution is 2.09. The number of nitrogen functional groups attached to an aromatic ring is 1. The fourth-order valence-corrected chi connectivity index (χ4v) is 2.20. The summed E-state index contributed by atoms with van der Waals surface area (Å²) in [6.45, 7) is 3.54. The van der Waals surface area contributed by atoms with Crippen molar-refractivity contribution in [2.24, 2.45) is 0 Å². The molecule has 1 aromatic rings. The highest BCUT2D eigenvalue weighted by Gasteiger charge is 2.15. The molecule has 3 N–H and O–H groups in total. The zero-order chi connectivity index (χ0) is 12.8. The summed E-state index contributed by atoms with van der Waals surface area (Å²) in [7, 11) is 0. The van der Waals surface area contributed by atoms with Crippen molar-refractivity contribution >= 4 is 11.6 Å². The lowest BCUT2D eigenvalue weighted by Crippen LogP contribution is -2.46. The molecule has 1 fully saturated rings. The van der Waals surface area contributed by atoms with Gasteiger partial charge in [-0.25, -0.2) is 0 Å². The van der Waals surface area contributed by atoms with E-state index in [1.165, 1.54) is 5.56 Å². The van der Waals surface area contributed by atoms with Crippen LogP contribution in [0.15, 0.2) is 24.3 Å². The van der Waals surface area contributed by atoms with E-state index < -0.39 is 0 Å². The van der Waals surface area contributed by atoms with Crippen LogP contribution in [0, 0.1) is 0 Å². The lowest BCUT2D eigenvalue weighted by Gasteiger charge is -2.27. The Morgan fingerprint density at radius 2 is 1.89 bits per heavy atom. The quantitative estimate of drug-likeness (QED) is 0.781. The van der Waals surface area contributed by atoms with Gasteiger partial charge < -0.3 is 16.0 Å². The van der Waals surface area contributed by atoms with Gasteiger partial charge in [0.25, 0.3) is 0 Å². The van der Waals surface area contributed by atoms with Gasteiger partial charge in [0.15, 0.2) is 0 Å². The molecular formula is C14H21N3O. The maximum atomic E-state index is 11.9. The molecule has 0 unspecified atom stereocenters. The fourth-order valence-electron chi connectivity index (χ4n) is 2.20. The van der Waals surface area contributed by atoms with Gasteiger partial charge >= 0.3 is 0 Å². The van der Waals surface area contributed by atoms with E-state index in [-0.39, 0.29) is 5.91 Å². The fraction of sp³-hybridized carbons (Fsp3) is 0.500. The van der Waals surface area contributed by atoms with Gasteiger partial charge in [0.1, 0.15) is 0 Å². The number of aryl methyl sites for hydroxylation is 1. The van der Waals surface area contributed by atoms with Gasteiger partial charge in [-0.2, -0.15) is 0 Å². The number of piperazine rings is 1. The first-order chi connectivity index (χ1) is 8.75. The predicted octanol–water partition coefficient (Wildman–Crippen LogP) is 1.02. The number of nitrogens with two attached hydrogens (primary N) is 1. The summed E-state index contributed by atoms with van der Waals surface area (Å²) in [6.07, 6.45) is 2.50. The Kier molecular flexibility index (Phi) is 4.59. The first-order valence-corrected chi connectivity index (χ1v) is 6.58. The Labute approximate surface area is 108 Å². The third-order valence-electron chi connectivity index (χ3n) is 3.31. The Morgan fingerprint density at radius 1 is 1.22 bits per heavy atom. The number of rotatable bonds is 4. The topological polar surface area (TPSA) is 58.4 Å². The molecule has 0 aromatic heterocycles. The van der Waals surface area contributed by atoms with Crippen LogP contribution >= 0.6 is 0 Å². The molecule has 1 aliphatic rings. The van der Waals surface area contributed by atoms with Crippen molar-refractivity contribution in [2.45, 2.75) is 19.3 Å². The average molecular weight is 247 g/mol. The smallest absolute Gasteiger partial charge is 0.222 e. The van der Waals surface area contributed by atoms with Crippen LogP contribution in [0.1, 0.15) is 18.4 Å². The SMILES string of the molecule is Nc1ccc(CCCC(=O)N2CCNCC2)cc1. The Morgan fingerprint density at radius 3 is 2.56 bits per heavy atom.